The van der Waals surface area contributed by atoms with Crippen LogP contribution in [-0.2, 0) is 0 Å². The lowest BCUT2D eigenvalue weighted by molar-refractivity contribution is -0.384. The molecular weight excluding hydrogens is 258 g/mol. The summed E-state index contributed by atoms with van der Waals surface area (Å²) in [7, 11) is 1.48. The molecule has 7 heteroatoms. The first-order chi connectivity index (χ1) is 8.90. The summed E-state index contributed by atoms with van der Waals surface area (Å²) in [5.74, 6) is -2.18. The zero-order chi connectivity index (χ0) is 14.2. The van der Waals surface area contributed by atoms with Crippen LogP contribution < -0.4 is 4.90 Å². The Kier molecular flexibility index (Phi) is 3.66. The smallest absolute Gasteiger partial charge is 0.295 e. The van der Waals surface area contributed by atoms with Gasteiger partial charge in [-0.25, -0.2) is 8.78 Å². The molecule has 0 bridgehead atoms. The summed E-state index contributed by atoms with van der Waals surface area (Å²) >= 11 is 0. The molecule has 2 rings (SSSR count). The van der Waals surface area contributed by atoms with Crippen LogP contribution >= 0.6 is 0 Å². The van der Waals surface area contributed by atoms with E-state index in [1.165, 1.54) is 11.9 Å². The van der Waals surface area contributed by atoms with Crippen molar-refractivity contribution in [2.45, 2.75) is 18.9 Å². The van der Waals surface area contributed by atoms with Crippen molar-refractivity contribution in [3.8, 4) is 0 Å². The monoisotopic (exact) mass is 272 g/mol. The highest BCUT2D eigenvalue weighted by molar-refractivity contribution is 5.64. The van der Waals surface area contributed by atoms with E-state index in [9.17, 15) is 24.0 Å². The highest BCUT2D eigenvalue weighted by atomic mass is 19.2. The molecule has 5 nitrogen and oxygen atoms in total. The van der Waals surface area contributed by atoms with E-state index in [4.69, 9.17) is 0 Å². The SMILES string of the molecule is CN(CC1CC(O)C1)c1c([N+](=O)[O-])ccc(F)c1F. The maximum absolute atomic E-state index is 13.8. The summed E-state index contributed by atoms with van der Waals surface area (Å²) in [4.78, 5) is 11.5. The summed E-state index contributed by atoms with van der Waals surface area (Å²) in [6.07, 6.45) is 0.801. The van der Waals surface area contributed by atoms with Gasteiger partial charge in [0, 0.05) is 19.7 Å². The fraction of sp³-hybridized carbons (Fsp3) is 0.500. The molecule has 0 unspecified atom stereocenters. The molecule has 1 fully saturated rings. The molecule has 1 aromatic rings. The second kappa shape index (κ2) is 5.08. The maximum Gasteiger partial charge on any atom is 0.295 e. The topological polar surface area (TPSA) is 66.6 Å². The summed E-state index contributed by atoms with van der Waals surface area (Å²) in [6.45, 7) is 0.346. The molecule has 104 valence electrons. The molecule has 0 amide bonds. The number of hydrogen-bond acceptors (Lipinski definition) is 4. The van der Waals surface area contributed by atoms with E-state index in [-0.39, 0.29) is 17.7 Å². The number of aliphatic hydroxyl groups excluding tert-OH is 1. The molecule has 1 N–H and O–H groups in total. The molecule has 1 aliphatic rings. The van der Waals surface area contributed by atoms with Gasteiger partial charge >= 0.3 is 0 Å². The zero-order valence-electron chi connectivity index (χ0n) is 10.3. The predicted molar refractivity (Wildman–Crippen MR) is 65.0 cm³/mol. The Morgan fingerprint density at radius 3 is 2.63 bits per heavy atom. The largest absolute Gasteiger partial charge is 0.393 e. The average Bonchev–Trinajstić information content (AvgIpc) is 2.29. The van der Waals surface area contributed by atoms with Gasteiger partial charge in [-0.3, -0.25) is 10.1 Å². The van der Waals surface area contributed by atoms with E-state index in [0.29, 0.717) is 19.4 Å². The maximum atomic E-state index is 13.8. The van der Waals surface area contributed by atoms with Gasteiger partial charge in [0.05, 0.1) is 11.0 Å². The lowest BCUT2D eigenvalue weighted by Crippen LogP contribution is -2.37. The molecular formula is C12H14F2N2O3. The van der Waals surface area contributed by atoms with Crippen LogP contribution in [0.5, 0.6) is 0 Å². The van der Waals surface area contributed by atoms with E-state index in [2.05, 4.69) is 0 Å². The minimum Gasteiger partial charge on any atom is -0.393 e. The van der Waals surface area contributed by atoms with Crippen molar-refractivity contribution in [2.24, 2.45) is 5.92 Å². The predicted octanol–water partition coefficient (Wildman–Crippen LogP) is 2.08. The fourth-order valence-corrected chi connectivity index (χ4v) is 2.37. The third-order valence-corrected chi connectivity index (χ3v) is 3.37. The minimum absolute atomic E-state index is 0.141. The Hall–Kier alpha value is -1.76. The van der Waals surface area contributed by atoms with Crippen molar-refractivity contribution < 1.29 is 18.8 Å². The normalized spacial score (nSPS) is 21.9. The molecule has 0 radical (unpaired) electrons. The number of anilines is 1. The second-order valence-electron chi connectivity index (χ2n) is 4.86. The van der Waals surface area contributed by atoms with Gasteiger partial charge in [0.15, 0.2) is 17.3 Å². The standard InChI is InChI=1S/C12H14F2N2O3/c1-15(6-7-4-8(17)5-7)12-10(16(18)19)3-2-9(13)11(12)14/h2-3,7-8,17H,4-6H2,1H3. The number of halogens is 2. The van der Waals surface area contributed by atoms with Crippen molar-refractivity contribution in [2.75, 3.05) is 18.5 Å². The number of rotatable bonds is 4. The van der Waals surface area contributed by atoms with Crippen LogP contribution in [0.1, 0.15) is 12.8 Å². The number of aliphatic hydroxyl groups is 1. The number of benzene rings is 1. The van der Waals surface area contributed by atoms with Gasteiger partial charge in [0.25, 0.3) is 5.69 Å². The Balaban J connectivity index is 2.26. The van der Waals surface area contributed by atoms with Gasteiger partial charge in [-0.15, -0.1) is 0 Å². The quantitative estimate of drug-likeness (QED) is 0.673. The molecule has 1 saturated carbocycles. The van der Waals surface area contributed by atoms with Crippen molar-refractivity contribution in [1.82, 2.24) is 0 Å². The van der Waals surface area contributed by atoms with Crippen LogP contribution in [0.3, 0.4) is 0 Å². The van der Waals surface area contributed by atoms with Crippen molar-refractivity contribution in [1.29, 1.82) is 0 Å². The Morgan fingerprint density at radius 2 is 2.11 bits per heavy atom. The zero-order valence-corrected chi connectivity index (χ0v) is 10.3. The van der Waals surface area contributed by atoms with E-state index >= 15 is 0 Å². The third kappa shape index (κ3) is 2.65. The Morgan fingerprint density at radius 1 is 1.47 bits per heavy atom. The average molecular weight is 272 g/mol. The highest BCUT2D eigenvalue weighted by Crippen LogP contribution is 2.35. The first-order valence-electron chi connectivity index (χ1n) is 5.91. The lowest BCUT2D eigenvalue weighted by atomic mass is 9.82. The van der Waals surface area contributed by atoms with E-state index in [1.54, 1.807) is 0 Å². The van der Waals surface area contributed by atoms with Gasteiger partial charge in [0.2, 0.25) is 0 Å². The molecule has 1 aromatic carbocycles. The van der Waals surface area contributed by atoms with E-state index in [0.717, 1.165) is 12.1 Å². The second-order valence-corrected chi connectivity index (χ2v) is 4.86. The summed E-state index contributed by atoms with van der Waals surface area (Å²) in [5, 5.41) is 20.0. The molecule has 0 aromatic heterocycles. The molecule has 0 heterocycles. The lowest BCUT2D eigenvalue weighted by Gasteiger charge is -2.35. The van der Waals surface area contributed by atoms with Crippen molar-refractivity contribution >= 4 is 11.4 Å². The molecule has 0 atom stereocenters. The van der Waals surface area contributed by atoms with Gasteiger partial charge in [-0.2, -0.15) is 0 Å². The van der Waals surface area contributed by atoms with E-state index in [1.807, 2.05) is 0 Å². The number of nitro groups is 1. The van der Waals surface area contributed by atoms with Crippen LogP contribution in [0.2, 0.25) is 0 Å². The van der Waals surface area contributed by atoms with Crippen LogP contribution in [0.15, 0.2) is 12.1 Å². The van der Waals surface area contributed by atoms with Crippen LogP contribution in [-0.4, -0.2) is 29.7 Å². The number of nitro benzene ring substituents is 1. The molecule has 0 spiro atoms. The van der Waals surface area contributed by atoms with Gasteiger partial charge in [-0.1, -0.05) is 0 Å². The highest BCUT2D eigenvalue weighted by Gasteiger charge is 2.31. The minimum atomic E-state index is -1.21. The van der Waals surface area contributed by atoms with Crippen LogP contribution in [0, 0.1) is 27.7 Å². The molecule has 0 aliphatic heterocycles. The first-order valence-corrected chi connectivity index (χ1v) is 5.91. The third-order valence-electron chi connectivity index (χ3n) is 3.37. The summed E-state index contributed by atoms with van der Waals surface area (Å²) in [6, 6.07) is 1.71. The van der Waals surface area contributed by atoms with Crippen molar-refractivity contribution in [3.63, 3.8) is 0 Å². The van der Waals surface area contributed by atoms with E-state index < -0.39 is 22.2 Å². The molecule has 1 aliphatic carbocycles. The number of hydrogen-bond donors (Lipinski definition) is 1. The van der Waals surface area contributed by atoms with Crippen LogP contribution in [0.4, 0.5) is 20.2 Å². The summed E-state index contributed by atoms with van der Waals surface area (Å²) < 4.78 is 27.0. The Bertz CT molecular complexity index is 504. The molecule has 19 heavy (non-hydrogen) atoms. The van der Waals surface area contributed by atoms with Gasteiger partial charge in [-0.05, 0) is 24.8 Å². The van der Waals surface area contributed by atoms with Crippen LogP contribution in [0.25, 0.3) is 0 Å². The fourth-order valence-electron chi connectivity index (χ4n) is 2.37. The number of nitrogens with zero attached hydrogens (tertiary/aromatic N) is 2. The van der Waals surface area contributed by atoms with Crippen molar-refractivity contribution in [3.05, 3.63) is 33.9 Å². The molecule has 0 saturated heterocycles. The summed E-state index contributed by atoms with van der Waals surface area (Å²) in [5.41, 5.74) is -0.798. The van der Waals surface area contributed by atoms with Gasteiger partial charge < -0.3 is 10.0 Å². The first kappa shape index (κ1) is 13.7. The Labute approximate surface area is 108 Å². The van der Waals surface area contributed by atoms with Gasteiger partial charge in [0.1, 0.15) is 0 Å².